The standard InChI is InChI=1S/C27H41N3O4/c1-21(2)17-28-18-24-6-3-4-8-25(24)34-13-5-7-23-19-30(27(32)20-28)10-9-22(23)16-26(31)29-11-14-33-15-12-29/h3-4,6,8,21-23H,5,7,9-20H2,1-2H3/t22-,23-/m0/s1. The van der Waals surface area contributed by atoms with Crippen molar-refractivity contribution in [3.8, 4) is 5.75 Å². The molecule has 2 atom stereocenters. The summed E-state index contributed by atoms with van der Waals surface area (Å²) in [5.41, 5.74) is 1.14. The van der Waals surface area contributed by atoms with E-state index in [4.69, 9.17) is 9.47 Å². The van der Waals surface area contributed by atoms with Crippen molar-refractivity contribution in [1.82, 2.24) is 14.7 Å². The number of hydrogen-bond acceptors (Lipinski definition) is 5. The number of carbonyl (C=O) groups excluding carboxylic acids is 2. The summed E-state index contributed by atoms with van der Waals surface area (Å²) < 4.78 is 11.6. The Bertz CT molecular complexity index is 824. The molecule has 2 amide bonds. The Morgan fingerprint density at radius 2 is 1.85 bits per heavy atom. The predicted octanol–water partition coefficient (Wildman–Crippen LogP) is 3.03. The van der Waals surface area contributed by atoms with Crippen molar-refractivity contribution in [2.75, 3.05) is 59.1 Å². The molecular formula is C27H41N3O4. The zero-order valence-corrected chi connectivity index (χ0v) is 20.9. The highest BCUT2D eigenvalue weighted by atomic mass is 16.5. The molecule has 3 aliphatic rings. The van der Waals surface area contributed by atoms with Crippen molar-refractivity contribution in [3.05, 3.63) is 29.8 Å². The number of ether oxygens (including phenoxy) is 2. The second kappa shape index (κ2) is 12.0. The van der Waals surface area contributed by atoms with Crippen LogP contribution in [0.25, 0.3) is 0 Å². The van der Waals surface area contributed by atoms with E-state index in [9.17, 15) is 9.59 Å². The molecule has 2 saturated heterocycles. The van der Waals surface area contributed by atoms with Crippen LogP contribution in [0.15, 0.2) is 24.3 Å². The highest BCUT2D eigenvalue weighted by Crippen LogP contribution is 2.32. The molecule has 34 heavy (non-hydrogen) atoms. The number of nitrogens with zero attached hydrogens (tertiary/aromatic N) is 3. The van der Waals surface area contributed by atoms with Gasteiger partial charge in [0.15, 0.2) is 0 Å². The molecule has 7 heteroatoms. The van der Waals surface area contributed by atoms with Gasteiger partial charge in [0.2, 0.25) is 11.8 Å². The van der Waals surface area contributed by atoms with Gasteiger partial charge in [0, 0.05) is 51.3 Å². The number of para-hydroxylation sites is 1. The predicted molar refractivity (Wildman–Crippen MR) is 131 cm³/mol. The number of benzene rings is 1. The second-order valence-corrected chi connectivity index (χ2v) is 10.5. The SMILES string of the molecule is CC(C)CN1CC(=O)N2CC[C@@H](CC(=O)N3CCOCC3)[C@@H](CCCOc3ccccc3C1)C2. The molecule has 0 aromatic heterocycles. The first-order chi connectivity index (χ1) is 16.5. The largest absolute Gasteiger partial charge is 0.493 e. The number of fused-ring (bicyclic) bond motifs is 3. The molecule has 3 aliphatic heterocycles. The van der Waals surface area contributed by atoms with Gasteiger partial charge in [0.05, 0.1) is 26.4 Å². The normalized spacial score (nSPS) is 25.1. The lowest BCUT2D eigenvalue weighted by Gasteiger charge is -2.40. The lowest BCUT2D eigenvalue weighted by atomic mass is 9.80. The first-order valence-corrected chi connectivity index (χ1v) is 13.1. The van der Waals surface area contributed by atoms with Gasteiger partial charge in [0.1, 0.15) is 5.75 Å². The zero-order chi connectivity index (χ0) is 23.9. The van der Waals surface area contributed by atoms with Crippen LogP contribution >= 0.6 is 0 Å². The van der Waals surface area contributed by atoms with Gasteiger partial charge in [-0.1, -0.05) is 32.0 Å². The fourth-order valence-corrected chi connectivity index (χ4v) is 5.61. The molecule has 0 spiro atoms. The quantitative estimate of drug-likeness (QED) is 0.676. The summed E-state index contributed by atoms with van der Waals surface area (Å²) in [6, 6.07) is 8.21. The Balaban J connectivity index is 1.47. The van der Waals surface area contributed by atoms with E-state index in [-0.39, 0.29) is 11.8 Å². The average molecular weight is 472 g/mol. The van der Waals surface area contributed by atoms with Crippen LogP contribution in [0.5, 0.6) is 5.75 Å². The number of carbonyl (C=O) groups is 2. The molecule has 3 heterocycles. The van der Waals surface area contributed by atoms with Crippen molar-refractivity contribution in [2.45, 2.75) is 46.1 Å². The lowest BCUT2D eigenvalue weighted by Crippen LogP contribution is -2.49. The van der Waals surface area contributed by atoms with Crippen LogP contribution in [0.2, 0.25) is 0 Å². The fourth-order valence-electron chi connectivity index (χ4n) is 5.61. The van der Waals surface area contributed by atoms with Crippen molar-refractivity contribution < 1.29 is 19.1 Å². The topological polar surface area (TPSA) is 62.3 Å². The number of rotatable bonds is 4. The van der Waals surface area contributed by atoms with Gasteiger partial charge in [-0.2, -0.15) is 0 Å². The van der Waals surface area contributed by atoms with Gasteiger partial charge in [-0.3, -0.25) is 14.5 Å². The van der Waals surface area contributed by atoms with Gasteiger partial charge in [-0.25, -0.2) is 0 Å². The van der Waals surface area contributed by atoms with Gasteiger partial charge in [0.25, 0.3) is 0 Å². The number of piperidine rings is 1. The monoisotopic (exact) mass is 471 g/mol. The van der Waals surface area contributed by atoms with Gasteiger partial charge < -0.3 is 19.3 Å². The van der Waals surface area contributed by atoms with E-state index in [1.165, 1.54) is 0 Å². The van der Waals surface area contributed by atoms with Crippen molar-refractivity contribution in [2.24, 2.45) is 17.8 Å². The third-order valence-electron chi connectivity index (χ3n) is 7.37. The van der Waals surface area contributed by atoms with Crippen molar-refractivity contribution in [3.63, 3.8) is 0 Å². The van der Waals surface area contributed by atoms with Crippen LogP contribution in [-0.4, -0.2) is 85.6 Å². The maximum atomic E-state index is 13.4. The Labute approximate surface area is 204 Å². The van der Waals surface area contributed by atoms with E-state index in [0.29, 0.717) is 70.2 Å². The molecule has 1 aromatic rings. The Morgan fingerprint density at radius 1 is 1.06 bits per heavy atom. The lowest BCUT2D eigenvalue weighted by molar-refractivity contribution is -0.139. The first kappa shape index (κ1) is 25.0. The van der Waals surface area contributed by atoms with E-state index in [1.54, 1.807) is 0 Å². The zero-order valence-electron chi connectivity index (χ0n) is 20.9. The molecule has 0 aliphatic carbocycles. The van der Waals surface area contributed by atoms with Gasteiger partial charge in [-0.05, 0) is 43.1 Å². The third kappa shape index (κ3) is 6.72. The summed E-state index contributed by atoms with van der Waals surface area (Å²) >= 11 is 0. The molecule has 1 aromatic carbocycles. The Hall–Kier alpha value is -2.12. The summed E-state index contributed by atoms with van der Waals surface area (Å²) in [5.74, 6) is 2.50. The summed E-state index contributed by atoms with van der Waals surface area (Å²) in [7, 11) is 0. The molecule has 188 valence electrons. The van der Waals surface area contributed by atoms with E-state index in [0.717, 1.165) is 50.2 Å². The Morgan fingerprint density at radius 3 is 2.65 bits per heavy atom. The minimum Gasteiger partial charge on any atom is -0.493 e. The van der Waals surface area contributed by atoms with Crippen molar-refractivity contribution in [1.29, 1.82) is 0 Å². The maximum Gasteiger partial charge on any atom is 0.236 e. The van der Waals surface area contributed by atoms with Crippen LogP contribution in [0, 0.1) is 17.8 Å². The van der Waals surface area contributed by atoms with Gasteiger partial charge in [-0.15, -0.1) is 0 Å². The maximum absolute atomic E-state index is 13.4. The van der Waals surface area contributed by atoms with E-state index >= 15 is 0 Å². The highest BCUT2D eigenvalue weighted by Gasteiger charge is 2.34. The molecule has 7 nitrogen and oxygen atoms in total. The second-order valence-electron chi connectivity index (χ2n) is 10.5. The van der Waals surface area contributed by atoms with Crippen LogP contribution in [0.4, 0.5) is 0 Å². The molecule has 0 saturated carbocycles. The summed E-state index contributed by atoms with van der Waals surface area (Å²) in [6.07, 6.45) is 3.38. The fraction of sp³-hybridized carbons (Fsp3) is 0.704. The number of morpholine rings is 1. The smallest absolute Gasteiger partial charge is 0.236 e. The summed E-state index contributed by atoms with van der Waals surface area (Å²) in [5, 5.41) is 0. The average Bonchev–Trinajstić information content (AvgIpc) is 2.83. The van der Waals surface area contributed by atoms with E-state index in [1.807, 2.05) is 23.1 Å². The van der Waals surface area contributed by atoms with Crippen molar-refractivity contribution >= 4 is 11.8 Å². The highest BCUT2D eigenvalue weighted by molar-refractivity contribution is 5.79. The molecular weight excluding hydrogens is 430 g/mol. The molecule has 4 rings (SSSR count). The molecule has 0 unspecified atom stereocenters. The van der Waals surface area contributed by atoms with Crippen LogP contribution in [0.1, 0.15) is 45.1 Å². The minimum absolute atomic E-state index is 0.209. The molecule has 0 N–H and O–H groups in total. The summed E-state index contributed by atoms with van der Waals surface area (Å²) in [6.45, 7) is 11.2. The third-order valence-corrected chi connectivity index (χ3v) is 7.37. The molecule has 0 radical (unpaired) electrons. The number of amides is 2. The van der Waals surface area contributed by atoms with Crippen LogP contribution in [0.3, 0.4) is 0 Å². The van der Waals surface area contributed by atoms with E-state index < -0.39 is 0 Å². The molecule has 2 bridgehead atoms. The van der Waals surface area contributed by atoms with Crippen LogP contribution in [-0.2, 0) is 20.9 Å². The Kier molecular flexibility index (Phi) is 8.84. The minimum atomic E-state index is 0.209. The van der Waals surface area contributed by atoms with Crippen LogP contribution < -0.4 is 4.74 Å². The number of hydrogen-bond donors (Lipinski definition) is 0. The van der Waals surface area contributed by atoms with Gasteiger partial charge >= 0.3 is 0 Å². The summed E-state index contributed by atoms with van der Waals surface area (Å²) in [4.78, 5) is 32.6. The first-order valence-electron chi connectivity index (χ1n) is 13.1. The van der Waals surface area contributed by atoms with E-state index in [2.05, 4.69) is 29.7 Å². The molecule has 2 fully saturated rings.